The summed E-state index contributed by atoms with van der Waals surface area (Å²) < 4.78 is 54.6. The number of hydrogen-bond donors (Lipinski definition) is 2. The number of rotatable bonds is 5. The van der Waals surface area contributed by atoms with Crippen molar-refractivity contribution in [1.29, 1.82) is 0 Å². The maximum atomic E-state index is 14.0. The van der Waals surface area contributed by atoms with Gasteiger partial charge in [0.15, 0.2) is 11.6 Å². The minimum atomic E-state index is -4.16. The van der Waals surface area contributed by atoms with Gasteiger partial charge in [0.2, 0.25) is 5.78 Å². The van der Waals surface area contributed by atoms with Crippen LogP contribution in [0.4, 0.5) is 8.78 Å². The fourth-order valence-corrected chi connectivity index (χ4v) is 3.90. The van der Waals surface area contributed by atoms with Gasteiger partial charge in [0, 0.05) is 4.88 Å². The zero-order valence-corrected chi connectivity index (χ0v) is 15.9. The topological polar surface area (TPSA) is 107 Å². The van der Waals surface area contributed by atoms with E-state index in [0.29, 0.717) is 16.0 Å². The number of benzene rings is 2. The number of nitrogens with two attached hydrogens (primary N) is 1. The summed E-state index contributed by atoms with van der Waals surface area (Å²) in [4.78, 5) is 13.2. The van der Waals surface area contributed by atoms with Crippen LogP contribution in [-0.2, 0) is 10.3 Å². The number of carbonyl (C=O) groups excluding carboxylic acids is 1. The van der Waals surface area contributed by atoms with Gasteiger partial charge in [-0.3, -0.25) is 4.79 Å². The van der Waals surface area contributed by atoms with Crippen molar-refractivity contribution < 1.29 is 31.3 Å². The maximum Gasteiger partial charge on any atom is 0.380 e. The Kier molecular flexibility index (Phi) is 5.20. The van der Waals surface area contributed by atoms with Crippen molar-refractivity contribution in [1.82, 2.24) is 0 Å². The van der Waals surface area contributed by atoms with E-state index in [2.05, 4.69) is 4.18 Å². The molecule has 28 heavy (non-hydrogen) atoms. The average molecular weight is 425 g/mol. The number of thiophene rings is 1. The van der Waals surface area contributed by atoms with Gasteiger partial charge >= 0.3 is 10.3 Å². The molecule has 0 aliphatic heterocycles. The van der Waals surface area contributed by atoms with Crippen LogP contribution in [0.2, 0.25) is 0 Å². The molecule has 3 N–H and O–H groups in total. The summed E-state index contributed by atoms with van der Waals surface area (Å²) >= 11 is 0.992. The molecule has 0 saturated carbocycles. The summed E-state index contributed by atoms with van der Waals surface area (Å²) in [5.41, 5.74) is 0.291. The minimum Gasteiger partial charge on any atom is -0.505 e. The van der Waals surface area contributed by atoms with Gasteiger partial charge in [-0.25, -0.2) is 8.78 Å². The van der Waals surface area contributed by atoms with Crippen LogP contribution >= 0.6 is 11.3 Å². The van der Waals surface area contributed by atoms with Crippen LogP contribution in [0.3, 0.4) is 0 Å². The van der Waals surface area contributed by atoms with Crippen molar-refractivity contribution in [2.24, 2.45) is 5.14 Å². The molecule has 0 aliphatic rings. The van der Waals surface area contributed by atoms with Crippen LogP contribution in [-0.4, -0.2) is 19.3 Å². The normalized spacial score (nSPS) is 11.4. The van der Waals surface area contributed by atoms with Gasteiger partial charge < -0.3 is 9.29 Å². The standard InChI is InChI=1S/C18H13F2NO5S2/c1-9-8-10(2-5-13(9)26-28(21,24)25)14-6-7-15(27-14)18(23)16-11(19)3-4-12(22)17(16)20/h2-8,22H,1H3,(H2,21,24,25). The van der Waals surface area contributed by atoms with E-state index in [4.69, 9.17) is 5.14 Å². The first-order valence-electron chi connectivity index (χ1n) is 7.71. The van der Waals surface area contributed by atoms with Crippen LogP contribution in [0.15, 0.2) is 42.5 Å². The first-order chi connectivity index (χ1) is 13.1. The van der Waals surface area contributed by atoms with E-state index in [9.17, 15) is 27.1 Å². The predicted octanol–water partition coefficient (Wildman–Crippen LogP) is 3.52. The molecule has 0 bridgehead atoms. The fourth-order valence-electron chi connectivity index (χ4n) is 2.51. The number of phenols is 1. The highest BCUT2D eigenvalue weighted by atomic mass is 32.2. The van der Waals surface area contributed by atoms with Crippen LogP contribution in [0, 0.1) is 18.6 Å². The Bertz CT molecular complexity index is 1190. The highest BCUT2D eigenvalue weighted by Crippen LogP contribution is 2.34. The molecule has 0 saturated heterocycles. The van der Waals surface area contributed by atoms with Crippen molar-refractivity contribution in [3.8, 4) is 21.9 Å². The van der Waals surface area contributed by atoms with Crippen LogP contribution in [0.25, 0.3) is 10.4 Å². The number of aryl methyl sites for hydroxylation is 1. The first kappa shape index (κ1) is 19.9. The third-order valence-corrected chi connectivity index (χ3v) is 5.34. The number of halogens is 2. The van der Waals surface area contributed by atoms with Crippen molar-refractivity contribution in [3.63, 3.8) is 0 Å². The summed E-state index contributed by atoms with van der Waals surface area (Å²) in [6.07, 6.45) is 0. The number of ketones is 1. The molecule has 10 heteroatoms. The monoisotopic (exact) mass is 425 g/mol. The Morgan fingerprint density at radius 1 is 1.14 bits per heavy atom. The SMILES string of the molecule is Cc1cc(-c2ccc(C(=O)c3c(F)ccc(O)c3F)s2)ccc1OS(N)(=O)=O. The van der Waals surface area contributed by atoms with Gasteiger partial charge in [0.05, 0.1) is 10.4 Å². The third kappa shape index (κ3) is 4.03. The van der Waals surface area contributed by atoms with Gasteiger partial charge in [0.1, 0.15) is 11.6 Å². The molecule has 2 aromatic carbocycles. The van der Waals surface area contributed by atoms with Crippen molar-refractivity contribution in [2.75, 3.05) is 0 Å². The number of carbonyl (C=O) groups is 1. The highest BCUT2D eigenvalue weighted by Gasteiger charge is 2.23. The second kappa shape index (κ2) is 7.30. The summed E-state index contributed by atoms with van der Waals surface area (Å²) in [7, 11) is -4.16. The lowest BCUT2D eigenvalue weighted by Crippen LogP contribution is -2.19. The third-order valence-electron chi connectivity index (χ3n) is 3.79. The first-order valence-corrected chi connectivity index (χ1v) is 10.0. The second-order valence-corrected chi connectivity index (χ2v) is 8.04. The molecule has 0 unspecified atom stereocenters. The Morgan fingerprint density at radius 2 is 1.86 bits per heavy atom. The number of aromatic hydroxyl groups is 1. The van der Waals surface area contributed by atoms with E-state index >= 15 is 0 Å². The van der Waals surface area contributed by atoms with E-state index in [1.54, 1.807) is 25.1 Å². The average Bonchev–Trinajstić information content (AvgIpc) is 3.09. The van der Waals surface area contributed by atoms with E-state index in [-0.39, 0.29) is 10.6 Å². The van der Waals surface area contributed by atoms with Gasteiger partial charge in [0.25, 0.3) is 0 Å². The number of hydrogen-bond acceptors (Lipinski definition) is 6. The smallest absolute Gasteiger partial charge is 0.380 e. The lowest BCUT2D eigenvalue weighted by Gasteiger charge is -2.07. The molecule has 0 atom stereocenters. The van der Waals surface area contributed by atoms with Crippen molar-refractivity contribution in [2.45, 2.75) is 6.92 Å². The van der Waals surface area contributed by atoms with E-state index in [1.165, 1.54) is 12.1 Å². The molecule has 1 aromatic heterocycles. The quantitative estimate of drug-likeness (QED) is 0.609. The summed E-state index contributed by atoms with van der Waals surface area (Å²) in [6, 6.07) is 9.23. The molecular formula is C18H13F2NO5S2. The molecule has 0 radical (unpaired) electrons. The van der Waals surface area contributed by atoms with E-state index in [1.807, 2.05) is 0 Å². The molecular weight excluding hydrogens is 412 g/mol. The van der Waals surface area contributed by atoms with Gasteiger partial charge in [-0.05, 0) is 60.5 Å². The lowest BCUT2D eigenvalue weighted by atomic mass is 10.1. The van der Waals surface area contributed by atoms with Gasteiger partial charge in [-0.15, -0.1) is 11.3 Å². The van der Waals surface area contributed by atoms with Crippen LogP contribution in [0.5, 0.6) is 11.5 Å². The molecule has 0 amide bonds. The van der Waals surface area contributed by atoms with Crippen LogP contribution in [0.1, 0.15) is 20.8 Å². The van der Waals surface area contributed by atoms with Crippen LogP contribution < -0.4 is 9.32 Å². The largest absolute Gasteiger partial charge is 0.505 e. The van der Waals surface area contributed by atoms with Gasteiger partial charge in [-0.2, -0.15) is 13.6 Å². The summed E-state index contributed by atoms with van der Waals surface area (Å²) in [6.45, 7) is 1.61. The van der Waals surface area contributed by atoms with Crippen molar-refractivity contribution in [3.05, 3.63) is 70.1 Å². The molecule has 3 rings (SSSR count). The lowest BCUT2D eigenvalue weighted by molar-refractivity contribution is 0.103. The molecule has 0 spiro atoms. The Labute approximate surface area is 163 Å². The minimum absolute atomic E-state index is 0.0583. The fraction of sp³-hybridized carbons (Fsp3) is 0.0556. The zero-order chi connectivity index (χ0) is 20.6. The molecule has 6 nitrogen and oxygen atoms in total. The molecule has 0 fully saturated rings. The summed E-state index contributed by atoms with van der Waals surface area (Å²) in [5, 5.41) is 14.2. The highest BCUT2D eigenvalue weighted by molar-refractivity contribution is 7.84. The van der Waals surface area contributed by atoms with E-state index < -0.39 is 39.0 Å². The predicted molar refractivity (Wildman–Crippen MR) is 99.7 cm³/mol. The summed E-state index contributed by atoms with van der Waals surface area (Å²) in [5.74, 6) is -4.05. The molecule has 0 aliphatic carbocycles. The number of phenolic OH excluding ortho intramolecular Hbond substituents is 1. The van der Waals surface area contributed by atoms with Crippen molar-refractivity contribution >= 4 is 27.4 Å². The second-order valence-electron chi connectivity index (χ2n) is 5.80. The van der Waals surface area contributed by atoms with Gasteiger partial charge in [-0.1, -0.05) is 0 Å². The molecule has 3 aromatic rings. The Hall–Kier alpha value is -2.82. The van der Waals surface area contributed by atoms with E-state index in [0.717, 1.165) is 23.5 Å². The Balaban J connectivity index is 1.94. The molecule has 146 valence electrons. The Morgan fingerprint density at radius 3 is 2.50 bits per heavy atom. The molecule has 1 heterocycles. The zero-order valence-electron chi connectivity index (χ0n) is 14.3. The maximum absolute atomic E-state index is 14.0.